The van der Waals surface area contributed by atoms with Crippen LogP contribution in [0.4, 0.5) is 10.1 Å². The van der Waals surface area contributed by atoms with Crippen LogP contribution in [-0.2, 0) is 10.5 Å². The highest BCUT2D eigenvalue weighted by Crippen LogP contribution is 2.17. The quantitative estimate of drug-likeness (QED) is 0.918. The summed E-state index contributed by atoms with van der Waals surface area (Å²) in [6, 6.07) is 15.3. The number of nitrogens with one attached hydrogen (secondary N) is 1. The van der Waals surface area contributed by atoms with Crippen LogP contribution >= 0.6 is 11.8 Å². The third-order valence-corrected chi connectivity index (χ3v) is 3.75. The molecule has 0 saturated heterocycles. The molecule has 0 saturated carbocycles. The van der Waals surface area contributed by atoms with Gasteiger partial charge in [-0.3, -0.25) is 4.79 Å². The van der Waals surface area contributed by atoms with Crippen LogP contribution in [0.25, 0.3) is 0 Å². The molecule has 0 aliphatic carbocycles. The molecule has 0 bridgehead atoms. The highest BCUT2D eigenvalue weighted by Gasteiger charge is 2.07. The van der Waals surface area contributed by atoms with Gasteiger partial charge in [-0.25, -0.2) is 4.39 Å². The summed E-state index contributed by atoms with van der Waals surface area (Å²) >= 11 is 1.33. The average molecular weight is 300 g/mol. The number of benzene rings is 2. The van der Waals surface area contributed by atoms with Crippen molar-refractivity contribution in [3.05, 3.63) is 65.5 Å². The van der Waals surface area contributed by atoms with Gasteiger partial charge in [0, 0.05) is 5.75 Å². The van der Waals surface area contributed by atoms with E-state index in [2.05, 4.69) is 5.32 Å². The van der Waals surface area contributed by atoms with Crippen molar-refractivity contribution in [1.29, 1.82) is 5.26 Å². The summed E-state index contributed by atoms with van der Waals surface area (Å²) in [5, 5.41) is 11.6. The summed E-state index contributed by atoms with van der Waals surface area (Å²) < 4.78 is 13.4. The Labute approximate surface area is 126 Å². The van der Waals surface area contributed by atoms with Gasteiger partial charge in [0.15, 0.2) is 0 Å². The van der Waals surface area contributed by atoms with E-state index in [1.54, 1.807) is 42.5 Å². The lowest BCUT2D eigenvalue weighted by molar-refractivity contribution is -0.113. The van der Waals surface area contributed by atoms with E-state index < -0.39 is 0 Å². The number of hydrogen-bond acceptors (Lipinski definition) is 3. The number of nitrogens with zero attached hydrogens (tertiary/aromatic N) is 1. The van der Waals surface area contributed by atoms with Crippen LogP contribution < -0.4 is 5.32 Å². The Balaban J connectivity index is 1.86. The van der Waals surface area contributed by atoms with Gasteiger partial charge in [0.05, 0.1) is 17.0 Å². The zero-order chi connectivity index (χ0) is 15.1. The van der Waals surface area contributed by atoms with Gasteiger partial charge in [0.1, 0.15) is 11.9 Å². The Morgan fingerprint density at radius 3 is 2.67 bits per heavy atom. The minimum Gasteiger partial charge on any atom is -0.324 e. The first-order chi connectivity index (χ1) is 10.2. The topological polar surface area (TPSA) is 52.9 Å². The van der Waals surface area contributed by atoms with Crippen molar-refractivity contribution >= 4 is 23.4 Å². The molecule has 0 spiro atoms. The molecule has 106 valence electrons. The summed E-state index contributed by atoms with van der Waals surface area (Å²) in [6.07, 6.45) is 0. The van der Waals surface area contributed by atoms with Crippen LogP contribution in [0.15, 0.2) is 48.5 Å². The van der Waals surface area contributed by atoms with Gasteiger partial charge >= 0.3 is 0 Å². The highest BCUT2D eigenvalue weighted by molar-refractivity contribution is 7.99. The van der Waals surface area contributed by atoms with Crippen molar-refractivity contribution in [2.45, 2.75) is 5.75 Å². The molecule has 2 rings (SSSR count). The maximum absolute atomic E-state index is 13.4. The maximum Gasteiger partial charge on any atom is 0.234 e. The van der Waals surface area contributed by atoms with Gasteiger partial charge < -0.3 is 5.32 Å². The number of carbonyl (C=O) groups excluding carboxylic acids is 1. The Hall–Kier alpha value is -2.32. The van der Waals surface area contributed by atoms with E-state index in [9.17, 15) is 9.18 Å². The van der Waals surface area contributed by atoms with Gasteiger partial charge in [0.2, 0.25) is 5.91 Å². The summed E-state index contributed by atoms with van der Waals surface area (Å²) in [5.74, 6) is 0.160. The number of thioether (sulfide) groups is 1. The molecule has 0 aliphatic heterocycles. The Morgan fingerprint density at radius 2 is 1.90 bits per heavy atom. The van der Waals surface area contributed by atoms with Crippen LogP contribution in [0.1, 0.15) is 11.1 Å². The lowest BCUT2D eigenvalue weighted by Crippen LogP contribution is -2.15. The van der Waals surface area contributed by atoms with Crippen molar-refractivity contribution in [2.24, 2.45) is 0 Å². The molecular formula is C16H13FN2OS. The Kier molecular flexibility index (Phi) is 5.35. The molecule has 2 aromatic rings. The largest absolute Gasteiger partial charge is 0.324 e. The highest BCUT2D eigenvalue weighted by atomic mass is 32.2. The Morgan fingerprint density at radius 1 is 1.19 bits per heavy atom. The fourth-order valence-electron chi connectivity index (χ4n) is 1.75. The third kappa shape index (κ3) is 4.33. The molecule has 0 fully saturated rings. The Bertz CT molecular complexity index is 682. The minimum atomic E-state index is -0.264. The summed E-state index contributed by atoms with van der Waals surface area (Å²) in [5.41, 5.74) is 1.49. The molecule has 1 N–H and O–H groups in total. The van der Waals surface area contributed by atoms with Crippen LogP contribution in [0.5, 0.6) is 0 Å². The molecule has 0 radical (unpaired) electrons. The molecule has 2 aromatic carbocycles. The van der Waals surface area contributed by atoms with E-state index in [0.29, 0.717) is 22.6 Å². The van der Waals surface area contributed by atoms with E-state index in [4.69, 9.17) is 5.26 Å². The number of anilines is 1. The number of nitriles is 1. The first kappa shape index (κ1) is 15.1. The molecule has 5 heteroatoms. The zero-order valence-electron chi connectivity index (χ0n) is 11.2. The second kappa shape index (κ2) is 7.46. The monoisotopic (exact) mass is 300 g/mol. The zero-order valence-corrected chi connectivity index (χ0v) is 12.0. The standard InChI is InChI=1S/C16H13FN2OS/c17-14-7-3-1-6-13(14)10-21-11-16(20)19-15-8-4-2-5-12(15)9-18/h1-8H,10-11H2,(H,19,20). The molecular weight excluding hydrogens is 287 g/mol. The molecule has 0 unspecified atom stereocenters. The van der Waals surface area contributed by atoms with E-state index in [1.807, 2.05) is 6.07 Å². The number of amides is 1. The number of rotatable bonds is 5. The first-order valence-corrected chi connectivity index (χ1v) is 7.46. The first-order valence-electron chi connectivity index (χ1n) is 6.31. The van der Waals surface area contributed by atoms with Crippen LogP contribution in [0, 0.1) is 17.1 Å². The van der Waals surface area contributed by atoms with Crippen molar-refractivity contribution < 1.29 is 9.18 Å². The van der Waals surface area contributed by atoms with Gasteiger partial charge in [-0.15, -0.1) is 11.8 Å². The van der Waals surface area contributed by atoms with Crippen LogP contribution in [0.2, 0.25) is 0 Å². The molecule has 0 aliphatic rings. The molecule has 3 nitrogen and oxygen atoms in total. The molecule has 0 aromatic heterocycles. The van der Waals surface area contributed by atoms with Gasteiger partial charge in [-0.05, 0) is 23.8 Å². The van der Waals surface area contributed by atoms with E-state index in [1.165, 1.54) is 17.8 Å². The van der Waals surface area contributed by atoms with Crippen molar-refractivity contribution in [3.63, 3.8) is 0 Å². The van der Waals surface area contributed by atoms with Gasteiger partial charge in [-0.2, -0.15) is 5.26 Å². The van der Waals surface area contributed by atoms with Gasteiger partial charge in [-0.1, -0.05) is 30.3 Å². The lowest BCUT2D eigenvalue weighted by Gasteiger charge is -2.07. The SMILES string of the molecule is N#Cc1ccccc1NC(=O)CSCc1ccccc1F. The molecule has 0 atom stereocenters. The summed E-state index contributed by atoms with van der Waals surface area (Å²) in [6.45, 7) is 0. The van der Waals surface area contributed by atoms with Gasteiger partial charge in [0.25, 0.3) is 0 Å². The summed E-state index contributed by atoms with van der Waals surface area (Å²) in [7, 11) is 0. The molecule has 0 heterocycles. The average Bonchev–Trinajstić information content (AvgIpc) is 2.50. The second-order valence-corrected chi connectivity index (χ2v) is 5.28. The predicted octanol–water partition coefficient (Wildman–Crippen LogP) is 3.57. The fourth-order valence-corrected chi connectivity index (χ4v) is 2.56. The van der Waals surface area contributed by atoms with E-state index in [0.717, 1.165) is 0 Å². The van der Waals surface area contributed by atoms with E-state index in [-0.39, 0.29) is 17.5 Å². The lowest BCUT2D eigenvalue weighted by atomic mass is 10.2. The number of halogens is 1. The number of para-hydroxylation sites is 1. The maximum atomic E-state index is 13.4. The second-order valence-electron chi connectivity index (χ2n) is 4.29. The minimum absolute atomic E-state index is 0.202. The molecule has 1 amide bonds. The smallest absolute Gasteiger partial charge is 0.234 e. The summed E-state index contributed by atoms with van der Waals surface area (Å²) in [4.78, 5) is 11.8. The van der Waals surface area contributed by atoms with E-state index >= 15 is 0 Å². The van der Waals surface area contributed by atoms with Crippen molar-refractivity contribution in [3.8, 4) is 6.07 Å². The van der Waals surface area contributed by atoms with Crippen LogP contribution in [0.3, 0.4) is 0 Å². The van der Waals surface area contributed by atoms with Crippen molar-refractivity contribution in [1.82, 2.24) is 0 Å². The molecule has 21 heavy (non-hydrogen) atoms. The van der Waals surface area contributed by atoms with Crippen LogP contribution in [-0.4, -0.2) is 11.7 Å². The number of hydrogen-bond donors (Lipinski definition) is 1. The van der Waals surface area contributed by atoms with Crippen molar-refractivity contribution in [2.75, 3.05) is 11.1 Å². The predicted molar refractivity (Wildman–Crippen MR) is 82.3 cm³/mol. The fraction of sp³-hybridized carbons (Fsp3) is 0.125. The number of carbonyl (C=O) groups is 1. The third-order valence-electron chi connectivity index (χ3n) is 2.77. The normalized spacial score (nSPS) is 9.90.